The molecular weight excluding hydrogens is 474 g/mol. The zero-order chi connectivity index (χ0) is 19.3. The van der Waals surface area contributed by atoms with Crippen molar-refractivity contribution in [1.82, 2.24) is 20.4 Å². The second-order valence-corrected chi connectivity index (χ2v) is 7.28. The van der Waals surface area contributed by atoms with Gasteiger partial charge in [0.15, 0.2) is 5.96 Å². The summed E-state index contributed by atoms with van der Waals surface area (Å²) in [6, 6.07) is 1.38. The average molecular weight is 505 g/mol. The van der Waals surface area contributed by atoms with Gasteiger partial charge in [0, 0.05) is 31.7 Å². The number of nitrogens with zero attached hydrogens (tertiary/aromatic N) is 3. The molecule has 10 heteroatoms. The predicted octanol–water partition coefficient (Wildman–Crippen LogP) is 2.20. The first-order chi connectivity index (χ1) is 12.2. The van der Waals surface area contributed by atoms with Crippen LogP contribution in [-0.4, -0.2) is 79.7 Å². The summed E-state index contributed by atoms with van der Waals surface area (Å²) in [5.74, 6) is -0.159. The number of guanidine groups is 1. The summed E-state index contributed by atoms with van der Waals surface area (Å²) < 4.78 is 37.1. The molecule has 0 aromatic heterocycles. The topological polar surface area (TPSA) is 60.0 Å². The minimum Gasteiger partial charge on any atom is -0.357 e. The maximum absolute atomic E-state index is 12.4. The monoisotopic (exact) mass is 505 g/mol. The van der Waals surface area contributed by atoms with Crippen molar-refractivity contribution in [3.63, 3.8) is 0 Å². The summed E-state index contributed by atoms with van der Waals surface area (Å²) in [7, 11) is 3.32. The molecule has 2 unspecified atom stereocenters. The summed E-state index contributed by atoms with van der Waals surface area (Å²) in [6.07, 6.45) is 1.28. The summed E-state index contributed by atoms with van der Waals surface area (Å²) >= 11 is 0. The molecule has 0 aromatic rings. The SMILES string of the molecule is CCNC(=NCC(=O)N(C)CC(F)(F)F)NC1CC2CCCC(C1)N2C.I. The van der Waals surface area contributed by atoms with Gasteiger partial charge in [-0.2, -0.15) is 13.2 Å². The number of amides is 1. The van der Waals surface area contributed by atoms with Crippen molar-refractivity contribution < 1.29 is 18.0 Å². The Morgan fingerprint density at radius 3 is 2.37 bits per heavy atom. The van der Waals surface area contributed by atoms with E-state index in [1.54, 1.807) is 0 Å². The maximum Gasteiger partial charge on any atom is 0.406 e. The molecule has 2 atom stereocenters. The fourth-order valence-electron chi connectivity index (χ4n) is 3.87. The van der Waals surface area contributed by atoms with E-state index in [4.69, 9.17) is 0 Å². The third-order valence-corrected chi connectivity index (χ3v) is 5.24. The smallest absolute Gasteiger partial charge is 0.357 e. The number of hydrogen-bond acceptors (Lipinski definition) is 3. The van der Waals surface area contributed by atoms with E-state index >= 15 is 0 Å². The van der Waals surface area contributed by atoms with Crippen LogP contribution in [0.5, 0.6) is 0 Å². The first kappa shape index (κ1) is 24.3. The van der Waals surface area contributed by atoms with Crippen LogP contribution in [0.25, 0.3) is 0 Å². The summed E-state index contributed by atoms with van der Waals surface area (Å²) in [4.78, 5) is 19.2. The Bertz CT molecular complexity index is 503. The zero-order valence-electron chi connectivity index (χ0n) is 16.2. The fourth-order valence-corrected chi connectivity index (χ4v) is 3.87. The van der Waals surface area contributed by atoms with Crippen LogP contribution in [0.15, 0.2) is 4.99 Å². The zero-order valence-corrected chi connectivity index (χ0v) is 18.5. The molecule has 0 spiro atoms. The molecule has 1 amide bonds. The van der Waals surface area contributed by atoms with Gasteiger partial charge in [0.05, 0.1) is 0 Å². The minimum absolute atomic E-state index is 0. The number of halogens is 4. The molecule has 2 bridgehead atoms. The Balaban J connectivity index is 0.00000364. The highest BCUT2D eigenvalue weighted by Gasteiger charge is 2.36. The van der Waals surface area contributed by atoms with Crippen LogP contribution in [0, 0.1) is 0 Å². The summed E-state index contributed by atoms with van der Waals surface area (Å²) in [5.41, 5.74) is 0. The Kier molecular flexibility index (Phi) is 9.59. The minimum atomic E-state index is -4.40. The van der Waals surface area contributed by atoms with Crippen LogP contribution < -0.4 is 10.6 Å². The molecule has 6 nitrogen and oxygen atoms in total. The molecular formula is C17H31F3IN5O. The van der Waals surface area contributed by atoms with Crippen molar-refractivity contribution in [3.05, 3.63) is 0 Å². The second-order valence-electron chi connectivity index (χ2n) is 7.28. The number of nitrogens with one attached hydrogen (secondary N) is 2. The number of hydrogen-bond donors (Lipinski definition) is 2. The Hall–Kier alpha value is -0.780. The summed E-state index contributed by atoms with van der Waals surface area (Å²) in [5, 5.41) is 6.45. The van der Waals surface area contributed by atoms with Crippen molar-refractivity contribution >= 4 is 35.8 Å². The van der Waals surface area contributed by atoms with Crippen LogP contribution in [-0.2, 0) is 4.79 Å². The third-order valence-electron chi connectivity index (χ3n) is 5.24. The van der Waals surface area contributed by atoms with Crippen molar-refractivity contribution in [2.24, 2.45) is 4.99 Å². The Labute approximate surface area is 176 Å². The highest BCUT2D eigenvalue weighted by molar-refractivity contribution is 14.0. The largest absolute Gasteiger partial charge is 0.406 e. The Morgan fingerprint density at radius 1 is 1.26 bits per heavy atom. The van der Waals surface area contributed by atoms with Gasteiger partial charge in [-0.3, -0.25) is 4.79 Å². The number of likely N-dealkylation sites (N-methyl/N-ethyl adjacent to an activating group) is 1. The fraction of sp³-hybridized carbons (Fsp3) is 0.882. The van der Waals surface area contributed by atoms with Crippen molar-refractivity contribution in [2.75, 3.05) is 33.7 Å². The van der Waals surface area contributed by atoms with E-state index in [0.29, 0.717) is 29.5 Å². The van der Waals surface area contributed by atoms with Crippen LogP contribution in [0.3, 0.4) is 0 Å². The molecule has 2 N–H and O–H groups in total. The van der Waals surface area contributed by atoms with Gasteiger partial charge in [-0.05, 0) is 39.7 Å². The number of carbonyl (C=O) groups excluding carboxylic acids is 1. The van der Waals surface area contributed by atoms with Crippen LogP contribution >= 0.6 is 24.0 Å². The molecule has 2 fully saturated rings. The first-order valence-corrected chi connectivity index (χ1v) is 9.27. The molecule has 0 saturated carbocycles. The molecule has 0 radical (unpaired) electrons. The number of rotatable bonds is 5. The standard InChI is InChI=1S/C17H30F3N5O.HI/c1-4-21-16(22-10-15(26)24(2)11-17(18,19)20)23-12-8-13-6-5-7-14(9-12)25(13)3;/h12-14H,4-11H2,1-3H3,(H2,21,22,23);1H. The highest BCUT2D eigenvalue weighted by Crippen LogP contribution is 2.32. The van der Waals surface area contributed by atoms with Crippen LogP contribution in [0.4, 0.5) is 13.2 Å². The lowest BCUT2D eigenvalue weighted by Crippen LogP contribution is -2.56. The number of alkyl halides is 3. The van der Waals surface area contributed by atoms with Gasteiger partial charge in [-0.1, -0.05) is 6.42 Å². The van der Waals surface area contributed by atoms with E-state index in [2.05, 4.69) is 27.6 Å². The summed E-state index contributed by atoms with van der Waals surface area (Å²) in [6.45, 7) is 0.973. The lowest BCUT2D eigenvalue weighted by molar-refractivity contribution is -0.157. The normalized spacial score (nSPS) is 26.1. The Morgan fingerprint density at radius 2 is 1.85 bits per heavy atom. The van der Waals surface area contributed by atoms with Gasteiger partial charge in [-0.15, -0.1) is 24.0 Å². The van der Waals surface area contributed by atoms with E-state index in [1.165, 1.54) is 19.3 Å². The average Bonchev–Trinajstić information content (AvgIpc) is 2.51. The number of piperidine rings is 2. The predicted molar refractivity (Wildman–Crippen MR) is 110 cm³/mol. The highest BCUT2D eigenvalue weighted by atomic mass is 127. The quantitative estimate of drug-likeness (QED) is 0.342. The molecule has 2 aliphatic rings. The van der Waals surface area contributed by atoms with Gasteiger partial charge in [0.1, 0.15) is 13.1 Å². The van der Waals surface area contributed by atoms with E-state index in [0.717, 1.165) is 19.9 Å². The van der Waals surface area contributed by atoms with Gasteiger partial charge in [0.2, 0.25) is 5.91 Å². The molecule has 27 heavy (non-hydrogen) atoms. The van der Waals surface area contributed by atoms with Crippen LogP contribution in [0.2, 0.25) is 0 Å². The van der Waals surface area contributed by atoms with Gasteiger partial charge < -0.3 is 20.4 Å². The van der Waals surface area contributed by atoms with E-state index in [1.807, 2.05) is 6.92 Å². The third kappa shape index (κ3) is 7.63. The van der Waals surface area contributed by atoms with Gasteiger partial charge in [-0.25, -0.2) is 4.99 Å². The van der Waals surface area contributed by atoms with Crippen molar-refractivity contribution in [2.45, 2.75) is 63.3 Å². The lowest BCUT2D eigenvalue weighted by atomic mass is 9.82. The molecule has 2 aliphatic heterocycles. The molecule has 158 valence electrons. The number of fused-ring (bicyclic) bond motifs is 2. The van der Waals surface area contributed by atoms with E-state index in [-0.39, 0.29) is 36.6 Å². The van der Waals surface area contributed by atoms with E-state index in [9.17, 15) is 18.0 Å². The van der Waals surface area contributed by atoms with E-state index < -0.39 is 18.6 Å². The number of aliphatic imine (C=N–C) groups is 1. The first-order valence-electron chi connectivity index (χ1n) is 9.27. The molecule has 2 heterocycles. The molecule has 0 aliphatic carbocycles. The second kappa shape index (κ2) is 10.7. The lowest BCUT2D eigenvalue weighted by Gasteiger charge is -2.47. The molecule has 0 aromatic carbocycles. The van der Waals surface area contributed by atoms with Gasteiger partial charge in [0.25, 0.3) is 0 Å². The van der Waals surface area contributed by atoms with Crippen LogP contribution in [0.1, 0.15) is 39.0 Å². The molecule has 2 rings (SSSR count). The number of carbonyl (C=O) groups is 1. The van der Waals surface area contributed by atoms with Gasteiger partial charge >= 0.3 is 6.18 Å². The molecule has 2 saturated heterocycles. The van der Waals surface area contributed by atoms with Crippen molar-refractivity contribution in [1.29, 1.82) is 0 Å². The van der Waals surface area contributed by atoms with Crippen molar-refractivity contribution in [3.8, 4) is 0 Å². The maximum atomic E-state index is 12.4.